The van der Waals surface area contributed by atoms with Crippen LogP contribution in [-0.2, 0) is 16.1 Å². The largest absolute Gasteiger partial charge is 0.474 e. The van der Waals surface area contributed by atoms with Gasteiger partial charge in [0.25, 0.3) is 11.8 Å². The second-order valence-electron chi connectivity index (χ2n) is 7.75. The molecular formula is C23H27N3O4. The van der Waals surface area contributed by atoms with E-state index in [1.807, 2.05) is 12.1 Å². The first-order valence-electron chi connectivity index (χ1n) is 10.6. The van der Waals surface area contributed by atoms with E-state index in [4.69, 9.17) is 9.47 Å². The van der Waals surface area contributed by atoms with Crippen LogP contribution >= 0.6 is 0 Å². The van der Waals surface area contributed by atoms with E-state index in [2.05, 4.69) is 15.6 Å². The Morgan fingerprint density at radius 1 is 1.10 bits per heavy atom. The lowest BCUT2D eigenvalue weighted by Gasteiger charge is -2.15. The molecule has 2 aromatic rings. The number of benzene rings is 1. The molecular weight excluding hydrogens is 382 g/mol. The molecule has 1 aliphatic heterocycles. The second-order valence-corrected chi connectivity index (χ2v) is 7.75. The molecule has 1 aromatic carbocycles. The summed E-state index contributed by atoms with van der Waals surface area (Å²) in [6.45, 7) is 0.933. The van der Waals surface area contributed by atoms with Gasteiger partial charge in [0.15, 0.2) is 0 Å². The van der Waals surface area contributed by atoms with Crippen molar-refractivity contribution in [2.45, 2.75) is 57.3 Å². The maximum atomic E-state index is 12.7. The second kappa shape index (κ2) is 9.71. The Hall–Kier alpha value is -2.93. The van der Waals surface area contributed by atoms with Crippen molar-refractivity contribution < 1.29 is 19.1 Å². The number of amides is 2. The van der Waals surface area contributed by atoms with E-state index >= 15 is 0 Å². The van der Waals surface area contributed by atoms with Crippen LogP contribution in [0.15, 0.2) is 42.6 Å². The summed E-state index contributed by atoms with van der Waals surface area (Å²) in [6, 6.07) is 10.6. The van der Waals surface area contributed by atoms with Crippen molar-refractivity contribution in [3.63, 3.8) is 0 Å². The molecule has 1 aliphatic carbocycles. The molecule has 1 unspecified atom stereocenters. The average molecular weight is 409 g/mol. The van der Waals surface area contributed by atoms with Crippen molar-refractivity contribution in [1.82, 2.24) is 10.3 Å². The summed E-state index contributed by atoms with van der Waals surface area (Å²) >= 11 is 0. The normalized spacial score (nSPS) is 18.9. The lowest BCUT2D eigenvalue weighted by atomic mass is 10.1. The van der Waals surface area contributed by atoms with Gasteiger partial charge in [0.1, 0.15) is 12.2 Å². The van der Waals surface area contributed by atoms with E-state index in [-0.39, 0.29) is 17.9 Å². The summed E-state index contributed by atoms with van der Waals surface area (Å²) in [5.74, 6) is 0.190. The summed E-state index contributed by atoms with van der Waals surface area (Å²) < 4.78 is 11.4. The Labute approximate surface area is 176 Å². The number of nitrogens with one attached hydrogen (secondary N) is 2. The van der Waals surface area contributed by atoms with Crippen LogP contribution in [0.3, 0.4) is 0 Å². The first-order chi connectivity index (χ1) is 14.7. The van der Waals surface area contributed by atoms with E-state index in [9.17, 15) is 9.59 Å². The van der Waals surface area contributed by atoms with Crippen molar-refractivity contribution in [2.24, 2.45) is 0 Å². The molecule has 1 aromatic heterocycles. The van der Waals surface area contributed by atoms with Gasteiger partial charge < -0.3 is 20.1 Å². The number of aromatic nitrogens is 1. The Kier molecular flexibility index (Phi) is 6.59. The van der Waals surface area contributed by atoms with E-state index in [0.29, 0.717) is 30.3 Å². The molecule has 0 spiro atoms. The first-order valence-corrected chi connectivity index (χ1v) is 10.6. The zero-order chi connectivity index (χ0) is 20.8. The molecule has 4 rings (SSSR count). The van der Waals surface area contributed by atoms with Crippen molar-refractivity contribution in [3.8, 4) is 5.88 Å². The van der Waals surface area contributed by atoms with E-state index in [0.717, 1.165) is 31.2 Å². The zero-order valence-electron chi connectivity index (χ0n) is 16.9. The van der Waals surface area contributed by atoms with Gasteiger partial charge in [-0.05, 0) is 62.8 Å². The van der Waals surface area contributed by atoms with E-state index < -0.39 is 6.10 Å². The van der Waals surface area contributed by atoms with Crippen LogP contribution in [-0.4, -0.2) is 35.6 Å². The third-order valence-electron chi connectivity index (χ3n) is 5.48. The van der Waals surface area contributed by atoms with Gasteiger partial charge in [0.05, 0.1) is 0 Å². The third kappa shape index (κ3) is 5.16. The van der Waals surface area contributed by atoms with Gasteiger partial charge in [-0.2, -0.15) is 0 Å². The molecule has 158 valence electrons. The molecule has 30 heavy (non-hydrogen) atoms. The highest BCUT2D eigenvalue weighted by atomic mass is 16.5. The zero-order valence-corrected chi connectivity index (χ0v) is 16.9. The summed E-state index contributed by atoms with van der Waals surface area (Å²) in [7, 11) is 0. The minimum absolute atomic E-state index is 0.172. The monoisotopic (exact) mass is 409 g/mol. The van der Waals surface area contributed by atoms with Gasteiger partial charge in [-0.25, -0.2) is 4.98 Å². The van der Waals surface area contributed by atoms with Crippen molar-refractivity contribution in [3.05, 3.63) is 53.7 Å². The first kappa shape index (κ1) is 20.3. The molecule has 0 radical (unpaired) electrons. The fourth-order valence-corrected chi connectivity index (χ4v) is 3.85. The fraction of sp³-hybridized carbons (Fsp3) is 0.435. The number of carbonyl (C=O) groups is 2. The molecule has 2 N–H and O–H groups in total. The Morgan fingerprint density at radius 3 is 2.77 bits per heavy atom. The van der Waals surface area contributed by atoms with Crippen LogP contribution < -0.4 is 15.4 Å². The molecule has 2 aliphatic rings. The van der Waals surface area contributed by atoms with Crippen LogP contribution in [0.5, 0.6) is 5.88 Å². The number of hydrogen-bond acceptors (Lipinski definition) is 5. The Bertz CT molecular complexity index is 890. The number of anilines is 1. The lowest BCUT2D eigenvalue weighted by Crippen LogP contribution is -2.27. The lowest BCUT2D eigenvalue weighted by molar-refractivity contribution is -0.124. The maximum absolute atomic E-state index is 12.7. The number of pyridine rings is 1. The fourth-order valence-electron chi connectivity index (χ4n) is 3.85. The highest BCUT2D eigenvalue weighted by Gasteiger charge is 2.23. The highest BCUT2D eigenvalue weighted by molar-refractivity contribution is 5.98. The summed E-state index contributed by atoms with van der Waals surface area (Å²) in [6.07, 6.45) is 7.58. The maximum Gasteiger partial charge on any atom is 0.253 e. The van der Waals surface area contributed by atoms with Crippen LogP contribution in [0.4, 0.5) is 5.69 Å². The minimum Gasteiger partial charge on any atom is -0.474 e. The van der Waals surface area contributed by atoms with Crippen LogP contribution in [0.1, 0.15) is 54.4 Å². The van der Waals surface area contributed by atoms with Gasteiger partial charge in [-0.3, -0.25) is 9.59 Å². The van der Waals surface area contributed by atoms with Crippen molar-refractivity contribution in [2.75, 3.05) is 11.9 Å². The minimum atomic E-state index is -0.411. The number of carbonyl (C=O) groups excluding carboxylic acids is 2. The SMILES string of the molecule is O=C(NCc1cccnc1OC1CCCC1)c1cccc(NC(=O)C2CCCO2)c1. The van der Waals surface area contributed by atoms with Gasteiger partial charge in [-0.1, -0.05) is 12.1 Å². The molecule has 1 saturated heterocycles. The Morgan fingerprint density at radius 2 is 1.97 bits per heavy atom. The molecule has 1 saturated carbocycles. The molecule has 7 heteroatoms. The number of nitrogens with zero attached hydrogens (tertiary/aromatic N) is 1. The Balaban J connectivity index is 1.36. The molecule has 2 heterocycles. The number of ether oxygens (including phenoxy) is 2. The van der Waals surface area contributed by atoms with Gasteiger partial charge >= 0.3 is 0 Å². The smallest absolute Gasteiger partial charge is 0.253 e. The summed E-state index contributed by atoms with van der Waals surface area (Å²) in [5.41, 5.74) is 1.90. The predicted molar refractivity (Wildman–Crippen MR) is 112 cm³/mol. The van der Waals surface area contributed by atoms with E-state index in [1.165, 1.54) is 12.8 Å². The summed E-state index contributed by atoms with van der Waals surface area (Å²) in [5, 5.41) is 5.75. The molecule has 0 bridgehead atoms. The van der Waals surface area contributed by atoms with Crippen molar-refractivity contribution in [1.29, 1.82) is 0 Å². The average Bonchev–Trinajstić information content (AvgIpc) is 3.47. The van der Waals surface area contributed by atoms with Crippen molar-refractivity contribution >= 4 is 17.5 Å². The standard InChI is InChI=1S/C23H27N3O4/c27-21(16-6-3-8-18(14-16)26-22(28)20-11-5-13-29-20)25-15-17-7-4-12-24-23(17)30-19-9-1-2-10-19/h3-4,6-8,12,14,19-20H,1-2,5,9-11,13,15H2,(H,25,27)(H,26,28). The van der Waals surface area contributed by atoms with Crippen LogP contribution in [0.25, 0.3) is 0 Å². The molecule has 7 nitrogen and oxygen atoms in total. The molecule has 2 fully saturated rings. The number of hydrogen-bond donors (Lipinski definition) is 2. The van der Waals surface area contributed by atoms with Gasteiger partial charge in [0, 0.05) is 36.2 Å². The van der Waals surface area contributed by atoms with Gasteiger partial charge in [0.2, 0.25) is 5.88 Å². The molecule has 2 amide bonds. The van der Waals surface area contributed by atoms with E-state index in [1.54, 1.807) is 30.5 Å². The third-order valence-corrected chi connectivity index (χ3v) is 5.48. The summed E-state index contributed by atoms with van der Waals surface area (Å²) in [4.78, 5) is 29.2. The number of rotatable bonds is 7. The quantitative estimate of drug-likeness (QED) is 0.731. The van der Waals surface area contributed by atoms with Crippen LogP contribution in [0, 0.1) is 0 Å². The van der Waals surface area contributed by atoms with Gasteiger partial charge in [-0.15, -0.1) is 0 Å². The topological polar surface area (TPSA) is 89.5 Å². The van der Waals surface area contributed by atoms with Crippen LogP contribution in [0.2, 0.25) is 0 Å². The highest BCUT2D eigenvalue weighted by Crippen LogP contribution is 2.25. The molecule has 1 atom stereocenters. The predicted octanol–water partition coefficient (Wildman–Crippen LogP) is 3.45.